The Labute approximate surface area is 244 Å². The van der Waals surface area contributed by atoms with Gasteiger partial charge in [0.1, 0.15) is 0 Å². The van der Waals surface area contributed by atoms with Crippen LogP contribution >= 0.6 is 17.9 Å². The fraction of sp³-hybridized carbons (Fsp3) is 1.00. The van der Waals surface area contributed by atoms with Gasteiger partial charge in [0.25, 0.3) is 0 Å². The number of hydrogen-bond donors (Lipinski definition) is 1. The first kappa shape index (κ1) is 37.9. The summed E-state index contributed by atoms with van der Waals surface area (Å²) in [4.78, 5) is 0. The highest BCUT2D eigenvalue weighted by molar-refractivity contribution is 8.60. The van der Waals surface area contributed by atoms with Crippen molar-refractivity contribution in [3.8, 4) is 0 Å². The van der Waals surface area contributed by atoms with Crippen LogP contribution in [0.5, 0.6) is 0 Å². The lowest BCUT2D eigenvalue weighted by molar-refractivity contribution is 0.250. The van der Waals surface area contributed by atoms with E-state index >= 15 is 0 Å². The summed E-state index contributed by atoms with van der Waals surface area (Å²) < 4.78 is 11.6. The summed E-state index contributed by atoms with van der Waals surface area (Å²) >= 11 is 9.99. The standard InChI is InChI=1S/C32H67O2PS2/c1-3-5-7-9-11-13-15-17-19-21-23-25-27-29-31-33-35(36,37)34-32-30-28-26-24-22-20-18-16-14-12-10-8-6-4-2/h3-32H2,1-2H3,(H,36,37). The fourth-order valence-electron chi connectivity index (χ4n) is 4.99. The van der Waals surface area contributed by atoms with Crippen LogP contribution in [0.25, 0.3) is 0 Å². The Hall–Kier alpha value is 0.920. The summed E-state index contributed by atoms with van der Waals surface area (Å²) in [5.41, 5.74) is -2.34. The Balaban J connectivity index is 3.28. The van der Waals surface area contributed by atoms with Crippen molar-refractivity contribution >= 4 is 29.7 Å². The first-order chi connectivity index (χ1) is 18.1. The van der Waals surface area contributed by atoms with Crippen LogP contribution in [0.2, 0.25) is 0 Å². The van der Waals surface area contributed by atoms with Crippen LogP contribution < -0.4 is 0 Å². The van der Waals surface area contributed by atoms with Crippen LogP contribution in [0.15, 0.2) is 0 Å². The van der Waals surface area contributed by atoms with Crippen LogP contribution in [-0.4, -0.2) is 13.2 Å². The van der Waals surface area contributed by atoms with E-state index in [-0.39, 0.29) is 0 Å². The van der Waals surface area contributed by atoms with E-state index in [0.29, 0.717) is 13.2 Å². The number of rotatable bonds is 32. The predicted octanol–water partition coefficient (Wildman–Crippen LogP) is 13.1. The number of thiol groups is 1. The highest BCUT2D eigenvalue weighted by Crippen LogP contribution is 2.53. The second-order valence-corrected chi connectivity index (χ2v) is 16.6. The molecule has 0 aliphatic rings. The van der Waals surface area contributed by atoms with Gasteiger partial charge in [-0.1, -0.05) is 193 Å². The molecule has 2 nitrogen and oxygen atoms in total. The van der Waals surface area contributed by atoms with E-state index in [1.54, 1.807) is 0 Å². The van der Waals surface area contributed by atoms with E-state index in [1.165, 1.54) is 167 Å². The van der Waals surface area contributed by atoms with Crippen LogP contribution in [0, 0.1) is 0 Å². The van der Waals surface area contributed by atoms with Gasteiger partial charge in [-0.15, -0.1) is 0 Å². The van der Waals surface area contributed by atoms with Crippen molar-refractivity contribution in [3.05, 3.63) is 0 Å². The Bertz CT molecular complexity index is 438. The maximum absolute atomic E-state index is 5.82. The maximum atomic E-state index is 5.82. The molecule has 0 bridgehead atoms. The zero-order valence-electron chi connectivity index (χ0n) is 25.3. The number of unbranched alkanes of at least 4 members (excludes halogenated alkanes) is 26. The predicted molar refractivity (Wildman–Crippen MR) is 176 cm³/mol. The van der Waals surface area contributed by atoms with Gasteiger partial charge in [-0.2, -0.15) is 0 Å². The van der Waals surface area contributed by atoms with Crippen LogP contribution in [0.3, 0.4) is 0 Å². The van der Waals surface area contributed by atoms with Crippen LogP contribution in [-0.2, 0) is 20.9 Å². The van der Waals surface area contributed by atoms with Gasteiger partial charge in [0.05, 0.1) is 13.2 Å². The monoisotopic (exact) mass is 578 g/mol. The molecule has 0 N–H and O–H groups in total. The Morgan fingerprint density at radius 1 is 0.378 bits per heavy atom. The molecule has 0 unspecified atom stereocenters. The smallest absolute Gasteiger partial charge is 0.244 e. The third-order valence-electron chi connectivity index (χ3n) is 7.50. The molecule has 0 amide bonds. The van der Waals surface area contributed by atoms with Gasteiger partial charge >= 0.3 is 0 Å². The van der Waals surface area contributed by atoms with Gasteiger partial charge in [-0.25, -0.2) is 0 Å². The Kier molecular flexibility index (Phi) is 32.2. The third kappa shape index (κ3) is 33.0. The summed E-state index contributed by atoms with van der Waals surface area (Å²) in [6.07, 6.45) is 38.4. The lowest BCUT2D eigenvalue weighted by Crippen LogP contribution is -1.96. The summed E-state index contributed by atoms with van der Waals surface area (Å²) in [6.45, 7) is 5.99. The quantitative estimate of drug-likeness (QED) is 0.0486. The average Bonchev–Trinajstić information content (AvgIpc) is 2.88. The largest absolute Gasteiger partial charge is 0.322 e. The van der Waals surface area contributed by atoms with Crippen LogP contribution in [0.4, 0.5) is 0 Å². The zero-order valence-corrected chi connectivity index (χ0v) is 27.9. The number of hydrogen-bond acceptors (Lipinski definition) is 3. The van der Waals surface area contributed by atoms with Crippen molar-refractivity contribution in [2.75, 3.05) is 13.2 Å². The molecule has 0 aliphatic carbocycles. The van der Waals surface area contributed by atoms with Crippen LogP contribution in [0.1, 0.15) is 194 Å². The molecule has 224 valence electrons. The molecule has 0 fully saturated rings. The van der Waals surface area contributed by atoms with Crippen molar-refractivity contribution in [3.63, 3.8) is 0 Å². The lowest BCUT2D eigenvalue weighted by Gasteiger charge is -2.16. The van der Waals surface area contributed by atoms with E-state index in [9.17, 15) is 0 Å². The van der Waals surface area contributed by atoms with Gasteiger partial charge in [-0.3, -0.25) is 0 Å². The third-order valence-corrected chi connectivity index (χ3v) is 9.85. The molecular formula is C32H67O2PS2. The maximum Gasteiger partial charge on any atom is 0.244 e. The molecule has 5 heteroatoms. The van der Waals surface area contributed by atoms with E-state index in [0.717, 1.165) is 12.8 Å². The summed E-state index contributed by atoms with van der Waals surface area (Å²) in [5, 5.41) is 0. The summed E-state index contributed by atoms with van der Waals surface area (Å²) in [7, 11) is 0. The van der Waals surface area contributed by atoms with E-state index in [2.05, 4.69) is 26.1 Å². The Morgan fingerprint density at radius 2 is 0.568 bits per heavy atom. The minimum Gasteiger partial charge on any atom is -0.322 e. The highest BCUT2D eigenvalue weighted by atomic mass is 32.9. The topological polar surface area (TPSA) is 18.5 Å². The van der Waals surface area contributed by atoms with Crippen molar-refractivity contribution in [1.82, 2.24) is 0 Å². The lowest BCUT2D eigenvalue weighted by atomic mass is 10.0. The summed E-state index contributed by atoms with van der Waals surface area (Å²) in [6, 6.07) is 0. The first-order valence-corrected chi connectivity index (χ1v) is 20.5. The van der Waals surface area contributed by atoms with Gasteiger partial charge < -0.3 is 9.05 Å². The van der Waals surface area contributed by atoms with Crippen molar-refractivity contribution in [2.24, 2.45) is 0 Å². The molecule has 0 atom stereocenters. The SMILES string of the molecule is CCCCCCCCCCCCCCCCOP(=S)(S)OCCCCCCCCCCCCCCCC. The molecule has 0 rings (SSSR count). The molecule has 0 spiro atoms. The molecule has 0 aliphatic heterocycles. The molecular weight excluding hydrogens is 511 g/mol. The summed E-state index contributed by atoms with van der Waals surface area (Å²) in [5.74, 6) is 0. The molecule has 0 saturated carbocycles. The van der Waals surface area contributed by atoms with Crippen molar-refractivity contribution in [1.29, 1.82) is 0 Å². The minimum atomic E-state index is -2.34. The fourth-order valence-corrected chi connectivity index (χ4v) is 6.72. The average molecular weight is 579 g/mol. The molecule has 37 heavy (non-hydrogen) atoms. The highest BCUT2D eigenvalue weighted by Gasteiger charge is 2.12. The molecule has 0 aromatic rings. The van der Waals surface area contributed by atoms with Gasteiger partial charge in [0, 0.05) is 0 Å². The van der Waals surface area contributed by atoms with Crippen molar-refractivity contribution < 1.29 is 9.05 Å². The molecule has 0 aromatic carbocycles. The molecule has 0 saturated heterocycles. The van der Waals surface area contributed by atoms with Crippen molar-refractivity contribution in [2.45, 2.75) is 194 Å². The Morgan fingerprint density at radius 3 is 0.784 bits per heavy atom. The first-order valence-electron chi connectivity index (χ1n) is 16.7. The second-order valence-electron chi connectivity index (χ2n) is 11.3. The van der Waals surface area contributed by atoms with E-state index in [4.69, 9.17) is 20.9 Å². The normalized spacial score (nSPS) is 12.0. The van der Waals surface area contributed by atoms with Gasteiger partial charge in [0.15, 0.2) is 0 Å². The minimum absolute atomic E-state index is 0.706. The van der Waals surface area contributed by atoms with E-state index in [1.807, 2.05) is 0 Å². The molecule has 0 heterocycles. The zero-order chi connectivity index (χ0) is 27.1. The van der Waals surface area contributed by atoms with Gasteiger partial charge in [0.2, 0.25) is 5.69 Å². The van der Waals surface area contributed by atoms with Gasteiger partial charge in [-0.05, 0) is 24.6 Å². The van der Waals surface area contributed by atoms with E-state index < -0.39 is 5.69 Å². The molecule has 0 radical (unpaired) electrons. The second kappa shape index (κ2) is 31.4. The molecule has 0 aromatic heterocycles.